The minimum Gasteiger partial charge on any atom is -0.468 e. The third kappa shape index (κ3) is 3.97. The van der Waals surface area contributed by atoms with Crippen LogP contribution >= 0.6 is 11.8 Å². The number of esters is 1. The number of rotatable bonds is 6. The van der Waals surface area contributed by atoms with Crippen molar-refractivity contribution in [3.8, 4) is 17.1 Å². The molecular formula is C23H20N4O2S. The molecule has 30 heavy (non-hydrogen) atoms. The number of ether oxygens (including phenoxy) is 1. The first-order valence-corrected chi connectivity index (χ1v) is 10.3. The lowest BCUT2D eigenvalue weighted by atomic mass is 10.1. The van der Waals surface area contributed by atoms with Gasteiger partial charge in [-0.3, -0.25) is 14.3 Å². The van der Waals surface area contributed by atoms with Gasteiger partial charge in [0.2, 0.25) is 0 Å². The molecule has 2 aromatic carbocycles. The molecule has 4 rings (SSSR count). The van der Waals surface area contributed by atoms with Crippen LogP contribution in [-0.2, 0) is 9.53 Å². The van der Waals surface area contributed by atoms with Crippen molar-refractivity contribution >= 4 is 17.7 Å². The Balaban J connectivity index is 1.85. The highest BCUT2D eigenvalue weighted by Crippen LogP contribution is 2.38. The number of aromatic nitrogens is 4. The fourth-order valence-corrected chi connectivity index (χ4v) is 4.23. The standard InChI is InChI=1S/C23H20N4O2S/c1-16-9-6-7-13-19(16)27-21(18-12-8-14-24-15-18)25-26-23(27)30-20(22(28)29-2)17-10-4-3-5-11-17/h3-15,20H,1-2H3. The quantitative estimate of drug-likeness (QED) is 0.337. The summed E-state index contributed by atoms with van der Waals surface area (Å²) in [7, 11) is 1.39. The van der Waals surface area contributed by atoms with Crippen LogP contribution in [0.2, 0.25) is 0 Å². The van der Waals surface area contributed by atoms with Crippen LogP contribution < -0.4 is 0 Å². The van der Waals surface area contributed by atoms with E-state index >= 15 is 0 Å². The smallest absolute Gasteiger partial charge is 0.323 e. The van der Waals surface area contributed by atoms with Gasteiger partial charge in [0.25, 0.3) is 0 Å². The maximum atomic E-state index is 12.6. The van der Waals surface area contributed by atoms with Gasteiger partial charge in [-0.05, 0) is 36.2 Å². The monoisotopic (exact) mass is 416 g/mol. The maximum absolute atomic E-state index is 12.6. The van der Waals surface area contributed by atoms with Crippen molar-refractivity contribution in [3.05, 3.63) is 90.3 Å². The first-order chi connectivity index (χ1) is 14.7. The van der Waals surface area contributed by atoms with Gasteiger partial charge in [-0.25, -0.2) is 0 Å². The summed E-state index contributed by atoms with van der Waals surface area (Å²) in [5.41, 5.74) is 3.70. The first-order valence-electron chi connectivity index (χ1n) is 9.40. The number of hydrogen-bond acceptors (Lipinski definition) is 6. The first kappa shape index (κ1) is 19.8. The molecule has 2 heterocycles. The Hall–Kier alpha value is -3.45. The summed E-state index contributed by atoms with van der Waals surface area (Å²) in [6.45, 7) is 2.03. The normalized spacial score (nSPS) is 11.8. The molecule has 0 saturated carbocycles. The van der Waals surface area contributed by atoms with Crippen molar-refractivity contribution in [2.24, 2.45) is 0 Å². The maximum Gasteiger partial charge on any atom is 0.323 e. The van der Waals surface area contributed by atoms with Gasteiger partial charge >= 0.3 is 5.97 Å². The van der Waals surface area contributed by atoms with Gasteiger partial charge in [0.15, 0.2) is 11.0 Å². The molecule has 0 amide bonds. The summed E-state index contributed by atoms with van der Waals surface area (Å²) in [6, 6.07) is 21.3. The highest BCUT2D eigenvalue weighted by Gasteiger charge is 2.27. The second-order valence-electron chi connectivity index (χ2n) is 6.60. The fourth-order valence-electron chi connectivity index (χ4n) is 3.15. The summed E-state index contributed by atoms with van der Waals surface area (Å²) >= 11 is 1.31. The van der Waals surface area contributed by atoms with E-state index in [-0.39, 0.29) is 5.97 Å². The third-order valence-electron chi connectivity index (χ3n) is 4.65. The van der Waals surface area contributed by atoms with E-state index in [0.29, 0.717) is 11.0 Å². The summed E-state index contributed by atoms with van der Waals surface area (Å²) in [4.78, 5) is 16.8. The van der Waals surface area contributed by atoms with E-state index in [1.54, 1.807) is 12.4 Å². The zero-order valence-electron chi connectivity index (χ0n) is 16.6. The van der Waals surface area contributed by atoms with Crippen LogP contribution in [0.4, 0.5) is 0 Å². The average molecular weight is 417 g/mol. The Morgan fingerprint density at radius 1 is 1.00 bits per heavy atom. The number of pyridine rings is 1. The number of aryl methyl sites for hydroxylation is 1. The van der Waals surface area contributed by atoms with Crippen LogP contribution in [0.1, 0.15) is 16.4 Å². The van der Waals surface area contributed by atoms with Crippen LogP contribution in [0.25, 0.3) is 17.1 Å². The van der Waals surface area contributed by atoms with Crippen molar-refractivity contribution in [2.45, 2.75) is 17.3 Å². The summed E-state index contributed by atoms with van der Waals surface area (Å²) < 4.78 is 7.04. The highest BCUT2D eigenvalue weighted by molar-refractivity contribution is 8.00. The number of para-hydroxylation sites is 1. The van der Waals surface area contributed by atoms with Crippen LogP contribution in [0.5, 0.6) is 0 Å². The van der Waals surface area contributed by atoms with Crippen LogP contribution in [0, 0.1) is 6.92 Å². The SMILES string of the molecule is COC(=O)C(Sc1nnc(-c2cccnc2)n1-c1ccccc1C)c1ccccc1. The molecule has 150 valence electrons. The number of nitrogens with zero attached hydrogens (tertiary/aromatic N) is 4. The molecule has 1 atom stereocenters. The molecule has 7 heteroatoms. The van der Waals surface area contributed by atoms with E-state index in [0.717, 1.165) is 22.4 Å². The molecule has 0 radical (unpaired) electrons. The number of methoxy groups -OCH3 is 1. The Morgan fingerprint density at radius 3 is 2.47 bits per heavy atom. The van der Waals surface area contributed by atoms with E-state index in [2.05, 4.69) is 15.2 Å². The van der Waals surface area contributed by atoms with Gasteiger partial charge in [-0.2, -0.15) is 0 Å². The molecule has 0 aliphatic carbocycles. The lowest BCUT2D eigenvalue weighted by Gasteiger charge is -2.17. The van der Waals surface area contributed by atoms with E-state index in [4.69, 9.17) is 4.74 Å². The predicted molar refractivity (Wildman–Crippen MR) is 116 cm³/mol. The zero-order valence-corrected chi connectivity index (χ0v) is 17.4. The largest absolute Gasteiger partial charge is 0.468 e. The van der Waals surface area contributed by atoms with Crippen LogP contribution in [0.3, 0.4) is 0 Å². The topological polar surface area (TPSA) is 69.9 Å². The number of thioether (sulfide) groups is 1. The van der Waals surface area contributed by atoms with Crippen LogP contribution in [-0.4, -0.2) is 32.8 Å². The molecule has 0 aliphatic rings. The van der Waals surface area contributed by atoms with E-state index in [1.165, 1.54) is 18.9 Å². The average Bonchev–Trinajstić information content (AvgIpc) is 3.22. The lowest BCUT2D eigenvalue weighted by molar-refractivity contribution is -0.140. The van der Waals surface area contributed by atoms with E-state index in [1.807, 2.05) is 78.2 Å². The van der Waals surface area contributed by atoms with Gasteiger partial charge in [0.1, 0.15) is 5.25 Å². The van der Waals surface area contributed by atoms with Crippen molar-refractivity contribution in [2.75, 3.05) is 7.11 Å². The number of carbonyl (C=O) groups excluding carboxylic acids is 1. The number of carbonyl (C=O) groups is 1. The molecule has 0 bridgehead atoms. The Kier molecular flexibility index (Phi) is 5.90. The van der Waals surface area contributed by atoms with Crippen molar-refractivity contribution in [1.29, 1.82) is 0 Å². The van der Waals surface area contributed by atoms with Gasteiger partial charge < -0.3 is 4.74 Å². The minimum absolute atomic E-state index is 0.339. The molecule has 4 aromatic rings. The van der Waals surface area contributed by atoms with E-state index < -0.39 is 5.25 Å². The molecule has 0 fully saturated rings. The summed E-state index contributed by atoms with van der Waals surface area (Å²) in [5.74, 6) is 0.324. The second kappa shape index (κ2) is 8.92. The van der Waals surface area contributed by atoms with Gasteiger partial charge in [-0.1, -0.05) is 60.3 Å². The molecular weight excluding hydrogens is 396 g/mol. The van der Waals surface area contributed by atoms with Gasteiger partial charge in [-0.15, -0.1) is 10.2 Å². The predicted octanol–water partition coefficient (Wildman–Crippen LogP) is 4.64. The molecule has 0 spiro atoms. The lowest BCUT2D eigenvalue weighted by Crippen LogP contribution is -2.12. The number of hydrogen-bond donors (Lipinski definition) is 0. The number of benzene rings is 2. The van der Waals surface area contributed by atoms with E-state index in [9.17, 15) is 4.79 Å². The Labute approximate surface area is 179 Å². The highest BCUT2D eigenvalue weighted by atomic mass is 32.2. The van der Waals surface area contributed by atoms with Crippen LogP contribution in [0.15, 0.2) is 84.3 Å². The molecule has 6 nitrogen and oxygen atoms in total. The van der Waals surface area contributed by atoms with Crippen molar-refractivity contribution in [1.82, 2.24) is 19.7 Å². The van der Waals surface area contributed by atoms with Gasteiger partial charge in [0.05, 0.1) is 12.8 Å². The van der Waals surface area contributed by atoms with Crippen molar-refractivity contribution < 1.29 is 9.53 Å². The molecule has 0 aliphatic heterocycles. The molecule has 1 unspecified atom stereocenters. The zero-order chi connectivity index (χ0) is 20.9. The minimum atomic E-state index is -0.565. The van der Waals surface area contributed by atoms with Gasteiger partial charge in [0, 0.05) is 18.0 Å². The molecule has 0 N–H and O–H groups in total. The second-order valence-corrected chi connectivity index (χ2v) is 7.67. The Bertz CT molecular complexity index is 1150. The fraction of sp³-hybridized carbons (Fsp3) is 0.130. The third-order valence-corrected chi connectivity index (χ3v) is 5.83. The van der Waals surface area contributed by atoms with Crippen molar-refractivity contribution in [3.63, 3.8) is 0 Å². The summed E-state index contributed by atoms with van der Waals surface area (Å²) in [6.07, 6.45) is 3.47. The summed E-state index contributed by atoms with van der Waals surface area (Å²) in [5, 5.41) is 8.90. The molecule has 0 saturated heterocycles. The molecule has 2 aromatic heterocycles. The Morgan fingerprint density at radius 2 is 1.77 bits per heavy atom.